The number of rotatable bonds is 4. The van der Waals surface area contributed by atoms with Gasteiger partial charge in [-0.1, -0.05) is 24.3 Å². The van der Waals surface area contributed by atoms with Crippen LogP contribution in [-0.4, -0.2) is 28.5 Å². The van der Waals surface area contributed by atoms with E-state index in [0.29, 0.717) is 17.9 Å². The Morgan fingerprint density at radius 1 is 1.19 bits per heavy atom. The molecule has 3 rings (SSSR count). The Hall–Kier alpha value is -3.35. The molecular formula is C19H18N4O3. The quantitative estimate of drug-likeness (QED) is 0.676. The van der Waals surface area contributed by atoms with Crippen LogP contribution in [0.2, 0.25) is 0 Å². The molecule has 26 heavy (non-hydrogen) atoms. The van der Waals surface area contributed by atoms with Crippen molar-refractivity contribution in [1.82, 2.24) is 10.3 Å². The van der Waals surface area contributed by atoms with E-state index < -0.39 is 23.8 Å². The molecule has 1 saturated heterocycles. The first-order chi connectivity index (χ1) is 12.5. The van der Waals surface area contributed by atoms with Crippen molar-refractivity contribution in [2.24, 2.45) is 10.9 Å². The highest BCUT2D eigenvalue weighted by molar-refractivity contribution is 6.35. The van der Waals surface area contributed by atoms with Crippen LogP contribution in [0.1, 0.15) is 18.1 Å². The van der Waals surface area contributed by atoms with Gasteiger partial charge < -0.3 is 0 Å². The van der Waals surface area contributed by atoms with Crippen molar-refractivity contribution in [2.75, 3.05) is 4.90 Å². The normalized spacial score (nSPS) is 18.1. The van der Waals surface area contributed by atoms with Gasteiger partial charge in [-0.15, -0.1) is 0 Å². The summed E-state index contributed by atoms with van der Waals surface area (Å²) in [6.45, 7) is 3.71. The number of aliphatic imine (C=N–C) groups is 1. The van der Waals surface area contributed by atoms with Crippen molar-refractivity contribution in [3.63, 3.8) is 0 Å². The molecular weight excluding hydrogens is 332 g/mol. The summed E-state index contributed by atoms with van der Waals surface area (Å²) in [5.41, 5.74) is 2.42. The van der Waals surface area contributed by atoms with E-state index in [4.69, 9.17) is 0 Å². The van der Waals surface area contributed by atoms with E-state index >= 15 is 0 Å². The van der Waals surface area contributed by atoms with Crippen molar-refractivity contribution in [1.29, 1.82) is 0 Å². The van der Waals surface area contributed by atoms with Crippen LogP contribution < -0.4 is 10.2 Å². The first-order valence-corrected chi connectivity index (χ1v) is 8.13. The minimum Gasteiger partial charge on any atom is -0.288 e. The molecule has 0 saturated carbocycles. The molecule has 7 nitrogen and oxygen atoms in total. The van der Waals surface area contributed by atoms with E-state index in [-0.39, 0.29) is 0 Å². The van der Waals surface area contributed by atoms with Gasteiger partial charge in [0, 0.05) is 18.1 Å². The van der Waals surface area contributed by atoms with Crippen molar-refractivity contribution < 1.29 is 14.4 Å². The molecule has 0 unspecified atom stereocenters. The molecule has 1 aliphatic heterocycles. The van der Waals surface area contributed by atoms with Crippen LogP contribution in [0.15, 0.2) is 53.8 Å². The summed E-state index contributed by atoms with van der Waals surface area (Å²) in [6, 6.07) is 9.91. The zero-order chi connectivity index (χ0) is 18.7. The number of urea groups is 1. The number of carbonyl (C=O) groups excluding carboxylic acids is 3. The van der Waals surface area contributed by atoms with Crippen LogP contribution in [0, 0.1) is 12.8 Å². The zero-order valence-electron chi connectivity index (χ0n) is 14.5. The molecule has 0 radical (unpaired) electrons. The molecule has 2 heterocycles. The fraction of sp³-hybridized carbons (Fsp3) is 0.211. The van der Waals surface area contributed by atoms with Gasteiger partial charge in [-0.25, -0.2) is 9.69 Å². The molecule has 0 bridgehead atoms. The lowest BCUT2D eigenvalue weighted by Gasteiger charge is -2.31. The largest absolute Gasteiger partial charge is 0.335 e. The van der Waals surface area contributed by atoms with Crippen LogP contribution >= 0.6 is 0 Å². The molecule has 1 atom stereocenters. The molecule has 132 valence electrons. The Kier molecular flexibility index (Phi) is 4.88. The van der Waals surface area contributed by atoms with Gasteiger partial charge in [0.1, 0.15) is 0 Å². The highest BCUT2D eigenvalue weighted by Crippen LogP contribution is 2.24. The Bertz CT molecular complexity index is 893. The number of benzene rings is 1. The van der Waals surface area contributed by atoms with E-state index in [9.17, 15) is 14.4 Å². The summed E-state index contributed by atoms with van der Waals surface area (Å²) >= 11 is 0. The minimum atomic E-state index is -1.14. The number of amides is 4. The standard InChI is InChI=1S/C19H18N4O3/c1-12-6-3-4-8-15(12)23-18(25)16(17(24)22-19(23)26)13(2)21-11-14-7-5-9-20-10-14/h3-10,16H,11H2,1-2H3,(H,22,24,26)/t16-/m1/s1. The van der Waals surface area contributed by atoms with Gasteiger partial charge in [0.05, 0.1) is 12.2 Å². The number of anilines is 1. The molecule has 7 heteroatoms. The Morgan fingerprint density at radius 2 is 1.96 bits per heavy atom. The second-order valence-electron chi connectivity index (χ2n) is 6.01. The van der Waals surface area contributed by atoms with Crippen molar-refractivity contribution >= 4 is 29.2 Å². The van der Waals surface area contributed by atoms with Gasteiger partial charge in [0.15, 0.2) is 5.92 Å². The summed E-state index contributed by atoms with van der Waals surface area (Å²) < 4.78 is 0. The number of hydrogen-bond acceptors (Lipinski definition) is 5. The summed E-state index contributed by atoms with van der Waals surface area (Å²) in [6.07, 6.45) is 3.33. The number of barbiturate groups is 1. The zero-order valence-corrected chi connectivity index (χ0v) is 14.5. The third-order valence-corrected chi connectivity index (χ3v) is 4.17. The number of hydrogen-bond donors (Lipinski definition) is 1. The number of carbonyl (C=O) groups is 3. The number of aryl methyl sites for hydroxylation is 1. The molecule has 1 fully saturated rings. The maximum absolute atomic E-state index is 12.9. The van der Waals surface area contributed by atoms with E-state index in [1.807, 2.05) is 12.1 Å². The van der Waals surface area contributed by atoms with Gasteiger partial charge in [0.2, 0.25) is 5.91 Å². The molecule has 0 aliphatic carbocycles. The number of aromatic nitrogens is 1. The van der Waals surface area contributed by atoms with Gasteiger partial charge in [-0.05, 0) is 37.1 Å². The molecule has 1 aromatic heterocycles. The van der Waals surface area contributed by atoms with Gasteiger partial charge in [-0.3, -0.25) is 24.9 Å². The molecule has 4 amide bonds. The van der Waals surface area contributed by atoms with E-state index in [1.165, 1.54) is 0 Å². The third kappa shape index (κ3) is 3.37. The van der Waals surface area contributed by atoms with Gasteiger partial charge >= 0.3 is 6.03 Å². The van der Waals surface area contributed by atoms with E-state index in [0.717, 1.165) is 16.0 Å². The van der Waals surface area contributed by atoms with Crippen molar-refractivity contribution in [3.8, 4) is 0 Å². The van der Waals surface area contributed by atoms with Crippen LogP contribution in [0.5, 0.6) is 0 Å². The fourth-order valence-electron chi connectivity index (χ4n) is 2.78. The number of imide groups is 2. The Labute approximate surface area is 150 Å². The van der Waals surface area contributed by atoms with Crippen LogP contribution in [-0.2, 0) is 16.1 Å². The molecule has 1 N–H and O–H groups in total. The summed E-state index contributed by atoms with van der Waals surface area (Å²) in [7, 11) is 0. The molecule has 1 aromatic carbocycles. The number of pyridine rings is 1. The first kappa shape index (κ1) is 17.5. The van der Waals surface area contributed by atoms with Crippen molar-refractivity contribution in [3.05, 3.63) is 59.9 Å². The second-order valence-corrected chi connectivity index (χ2v) is 6.01. The van der Waals surface area contributed by atoms with Gasteiger partial charge in [-0.2, -0.15) is 0 Å². The topological polar surface area (TPSA) is 91.7 Å². The average Bonchev–Trinajstić information content (AvgIpc) is 2.62. The van der Waals surface area contributed by atoms with Crippen LogP contribution in [0.4, 0.5) is 10.5 Å². The summed E-state index contributed by atoms with van der Waals surface area (Å²) in [5, 5.41) is 2.25. The number of nitrogens with zero attached hydrogens (tertiary/aromatic N) is 3. The first-order valence-electron chi connectivity index (χ1n) is 8.13. The fourth-order valence-corrected chi connectivity index (χ4v) is 2.78. The Balaban J connectivity index is 1.89. The summed E-state index contributed by atoms with van der Waals surface area (Å²) in [4.78, 5) is 46.8. The highest BCUT2D eigenvalue weighted by atomic mass is 16.2. The maximum atomic E-state index is 12.9. The second kappa shape index (κ2) is 7.26. The maximum Gasteiger partial charge on any atom is 0.335 e. The number of para-hydroxylation sites is 1. The van der Waals surface area contributed by atoms with Gasteiger partial charge in [0.25, 0.3) is 5.91 Å². The van der Waals surface area contributed by atoms with E-state index in [2.05, 4.69) is 15.3 Å². The Morgan fingerprint density at radius 3 is 2.65 bits per heavy atom. The lowest BCUT2D eigenvalue weighted by Crippen LogP contribution is -2.60. The number of nitrogens with one attached hydrogen (secondary N) is 1. The van der Waals surface area contributed by atoms with Crippen LogP contribution in [0.3, 0.4) is 0 Å². The predicted octanol–water partition coefficient (Wildman–Crippen LogP) is 2.25. The minimum absolute atomic E-state index is 0.301. The van der Waals surface area contributed by atoms with Crippen LogP contribution in [0.25, 0.3) is 0 Å². The monoisotopic (exact) mass is 350 g/mol. The molecule has 0 spiro atoms. The lowest BCUT2D eigenvalue weighted by molar-refractivity contribution is -0.131. The SMILES string of the molecule is CC(=NCc1cccnc1)[C@@H]1C(=O)NC(=O)N(c2ccccc2C)C1=O. The van der Waals surface area contributed by atoms with E-state index in [1.54, 1.807) is 50.5 Å². The lowest BCUT2D eigenvalue weighted by atomic mass is 9.98. The third-order valence-electron chi connectivity index (χ3n) is 4.17. The average molecular weight is 350 g/mol. The smallest absolute Gasteiger partial charge is 0.288 e. The molecule has 1 aliphatic rings. The van der Waals surface area contributed by atoms with Crippen molar-refractivity contribution in [2.45, 2.75) is 20.4 Å². The highest BCUT2D eigenvalue weighted by Gasteiger charge is 2.43. The predicted molar refractivity (Wildman–Crippen MR) is 96.7 cm³/mol. The molecule has 2 aromatic rings. The summed E-state index contributed by atoms with van der Waals surface area (Å²) in [5.74, 6) is -2.39.